The van der Waals surface area contributed by atoms with E-state index in [1.807, 2.05) is 54.6 Å². The molecular weight excluding hydrogens is 434 g/mol. The van der Waals surface area contributed by atoms with Crippen molar-refractivity contribution in [3.8, 4) is 5.75 Å². The highest BCUT2D eigenvalue weighted by atomic mass is 35.5. The fraction of sp³-hybridized carbons (Fsp3) is 0.208. The predicted octanol–water partition coefficient (Wildman–Crippen LogP) is 6.17. The minimum Gasteiger partial charge on any atom is -0.493 e. The van der Waals surface area contributed by atoms with Crippen molar-refractivity contribution in [2.75, 3.05) is 24.7 Å². The van der Waals surface area contributed by atoms with Gasteiger partial charge < -0.3 is 10.1 Å². The summed E-state index contributed by atoms with van der Waals surface area (Å²) in [4.78, 5) is 13.5. The van der Waals surface area contributed by atoms with Crippen molar-refractivity contribution in [3.63, 3.8) is 0 Å². The molecule has 0 aliphatic rings. The summed E-state index contributed by atoms with van der Waals surface area (Å²) in [5.41, 5.74) is 1.87. The summed E-state index contributed by atoms with van der Waals surface area (Å²) in [6.07, 6.45) is 0. The van der Waals surface area contributed by atoms with Gasteiger partial charge in [-0.05, 0) is 54.1 Å². The van der Waals surface area contributed by atoms with Gasteiger partial charge in [-0.3, -0.25) is 4.79 Å². The molecule has 0 atom stereocenters. The molecule has 3 aromatic carbocycles. The van der Waals surface area contributed by atoms with Crippen LogP contribution in [0.25, 0.3) is 0 Å². The summed E-state index contributed by atoms with van der Waals surface area (Å²) in [6, 6.07) is 25.4. The van der Waals surface area contributed by atoms with Crippen LogP contribution in [0.1, 0.15) is 15.9 Å². The predicted molar refractivity (Wildman–Crippen MR) is 129 cm³/mol. The zero-order chi connectivity index (χ0) is 21.0. The van der Waals surface area contributed by atoms with E-state index in [-0.39, 0.29) is 5.91 Å². The molecule has 0 aliphatic heterocycles. The number of amides is 1. The highest BCUT2D eigenvalue weighted by Crippen LogP contribution is 2.18. The number of hydrogen-bond acceptors (Lipinski definition) is 4. The fourth-order valence-electron chi connectivity index (χ4n) is 2.65. The topological polar surface area (TPSA) is 38.3 Å². The van der Waals surface area contributed by atoms with Crippen LogP contribution in [0.4, 0.5) is 0 Å². The zero-order valence-electron chi connectivity index (χ0n) is 16.6. The first-order chi connectivity index (χ1) is 14.7. The lowest BCUT2D eigenvalue weighted by Crippen LogP contribution is -2.25. The van der Waals surface area contributed by atoms with Crippen LogP contribution in [-0.2, 0) is 5.75 Å². The van der Waals surface area contributed by atoms with E-state index in [0.717, 1.165) is 28.0 Å². The van der Waals surface area contributed by atoms with E-state index in [9.17, 15) is 4.79 Å². The molecule has 3 nitrogen and oxygen atoms in total. The van der Waals surface area contributed by atoms with Gasteiger partial charge in [0, 0.05) is 39.3 Å². The summed E-state index contributed by atoms with van der Waals surface area (Å²) in [6.45, 7) is 1.25. The molecule has 0 saturated carbocycles. The maximum Gasteiger partial charge on any atom is 0.251 e. The number of benzene rings is 3. The van der Waals surface area contributed by atoms with Crippen molar-refractivity contribution in [2.24, 2.45) is 0 Å². The SMILES string of the molecule is O=C(NCCSCc1ccc(Cl)cc1)c1ccc(OCCSc2ccccc2)cc1. The van der Waals surface area contributed by atoms with Crippen LogP contribution in [0.5, 0.6) is 5.75 Å². The Morgan fingerprint density at radius 1 is 0.900 bits per heavy atom. The number of ether oxygens (including phenoxy) is 1. The average Bonchev–Trinajstić information content (AvgIpc) is 2.79. The van der Waals surface area contributed by atoms with Crippen LogP contribution in [0.15, 0.2) is 83.8 Å². The van der Waals surface area contributed by atoms with Crippen molar-refractivity contribution >= 4 is 41.0 Å². The molecule has 0 spiro atoms. The molecule has 0 saturated heterocycles. The van der Waals surface area contributed by atoms with Gasteiger partial charge in [0.05, 0.1) is 6.61 Å². The van der Waals surface area contributed by atoms with Gasteiger partial charge in [-0.1, -0.05) is 41.9 Å². The molecule has 0 bridgehead atoms. The number of carbonyl (C=O) groups is 1. The molecule has 30 heavy (non-hydrogen) atoms. The Morgan fingerprint density at radius 3 is 2.37 bits per heavy atom. The van der Waals surface area contributed by atoms with E-state index in [1.54, 1.807) is 35.7 Å². The Kier molecular flexibility index (Phi) is 9.48. The van der Waals surface area contributed by atoms with Crippen molar-refractivity contribution < 1.29 is 9.53 Å². The lowest BCUT2D eigenvalue weighted by atomic mass is 10.2. The molecule has 1 N–H and O–H groups in total. The molecule has 0 unspecified atom stereocenters. The van der Waals surface area contributed by atoms with Gasteiger partial charge in [0.25, 0.3) is 5.91 Å². The normalized spacial score (nSPS) is 10.6. The Bertz CT molecular complexity index is 903. The summed E-state index contributed by atoms with van der Waals surface area (Å²) < 4.78 is 5.76. The van der Waals surface area contributed by atoms with Gasteiger partial charge in [-0.15, -0.1) is 11.8 Å². The molecule has 0 aliphatic carbocycles. The molecule has 1 amide bonds. The molecule has 0 fully saturated rings. The van der Waals surface area contributed by atoms with Gasteiger partial charge in [0.2, 0.25) is 0 Å². The first-order valence-electron chi connectivity index (χ1n) is 9.72. The van der Waals surface area contributed by atoms with Crippen LogP contribution in [0.2, 0.25) is 5.02 Å². The second-order valence-corrected chi connectivity index (χ2v) is 9.18. The minimum atomic E-state index is -0.0618. The lowest BCUT2D eigenvalue weighted by molar-refractivity contribution is 0.0956. The largest absolute Gasteiger partial charge is 0.493 e. The molecule has 6 heteroatoms. The van der Waals surface area contributed by atoms with Gasteiger partial charge in [0.15, 0.2) is 0 Å². The van der Waals surface area contributed by atoms with Crippen LogP contribution in [0, 0.1) is 0 Å². The third kappa shape index (κ3) is 7.98. The van der Waals surface area contributed by atoms with Crippen LogP contribution >= 0.6 is 35.1 Å². The van der Waals surface area contributed by atoms with E-state index >= 15 is 0 Å². The van der Waals surface area contributed by atoms with Crippen LogP contribution < -0.4 is 10.1 Å². The van der Waals surface area contributed by atoms with E-state index in [4.69, 9.17) is 16.3 Å². The van der Waals surface area contributed by atoms with Gasteiger partial charge >= 0.3 is 0 Å². The smallest absolute Gasteiger partial charge is 0.251 e. The standard InChI is InChI=1S/C24H24ClNO2S2/c25-21-10-6-19(7-11-21)18-29-16-14-26-24(27)20-8-12-22(13-9-20)28-15-17-30-23-4-2-1-3-5-23/h1-13H,14-18H2,(H,26,27). The molecule has 0 aromatic heterocycles. The molecule has 0 heterocycles. The first kappa shape index (κ1) is 22.6. The monoisotopic (exact) mass is 457 g/mol. The first-order valence-corrected chi connectivity index (χ1v) is 12.2. The highest BCUT2D eigenvalue weighted by Gasteiger charge is 2.05. The summed E-state index contributed by atoms with van der Waals surface area (Å²) in [5.74, 6) is 3.35. The number of nitrogens with one attached hydrogen (secondary N) is 1. The Morgan fingerprint density at radius 2 is 1.63 bits per heavy atom. The maximum absolute atomic E-state index is 12.3. The van der Waals surface area contributed by atoms with E-state index in [0.29, 0.717) is 18.7 Å². The van der Waals surface area contributed by atoms with Gasteiger partial charge in [0.1, 0.15) is 5.75 Å². The molecule has 0 radical (unpaired) electrons. The minimum absolute atomic E-state index is 0.0618. The van der Waals surface area contributed by atoms with E-state index in [1.165, 1.54) is 10.5 Å². The third-order valence-corrected chi connectivity index (χ3v) is 6.45. The Balaban J connectivity index is 1.30. The Labute approximate surface area is 191 Å². The van der Waals surface area contributed by atoms with Crippen LogP contribution in [-0.4, -0.2) is 30.6 Å². The summed E-state index contributed by atoms with van der Waals surface area (Å²) in [5, 5.41) is 3.71. The third-order valence-electron chi connectivity index (χ3n) is 4.19. The highest BCUT2D eigenvalue weighted by molar-refractivity contribution is 7.99. The number of hydrogen-bond donors (Lipinski definition) is 1. The number of carbonyl (C=O) groups excluding carboxylic acids is 1. The molecule has 3 rings (SSSR count). The maximum atomic E-state index is 12.3. The zero-order valence-corrected chi connectivity index (χ0v) is 18.9. The number of thioether (sulfide) groups is 2. The lowest BCUT2D eigenvalue weighted by Gasteiger charge is -2.08. The van der Waals surface area contributed by atoms with Gasteiger partial charge in [-0.25, -0.2) is 0 Å². The quantitative estimate of drug-likeness (QED) is 0.276. The number of rotatable bonds is 11. The molecule has 156 valence electrons. The summed E-state index contributed by atoms with van der Waals surface area (Å²) in [7, 11) is 0. The fourth-order valence-corrected chi connectivity index (χ4v) is 4.34. The summed E-state index contributed by atoms with van der Waals surface area (Å²) >= 11 is 9.43. The number of halogens is 1. The van der Waals surface area contributed by atoms with E-state index in [2.05, 4.69) is 17.4 Å². The van der Waals surface area contributed by atoms with Gasteiger partial charge in [-0.2, -0.15) is 11.8 Å². The molecular formula is C24H24ClNO2S2. The van der Waals surface area contributed by atoms with Crippen molar-refractivity contribution in [3.05, 3.63) is 95.0 Å². The average molecular weight is 458 g/mol. The van der Waals surface area contributed by atoms with Crippen molar-refractivity contribution in [1.82, 2.24) is 5.32 Å². The second kappa shape index (κ2) is 12.6. The van der Waals surface area contributed by atoms with Crippen LogP contribution in [0.3, 0.4) is 0 Å². The molecule has 3 aromatic rings. The van der Waals surface area contributed by atoms with Crippen molar-refractivity contribution in [2.45, 2.75) is 10.6 Å². The van der Waals surface area contributed by atoms with Crippen molar-refractivity contribution in [1.29, 1.82) is 0 Å². The Hall–Kier alpha value is -2.08. The van der Waals surface area contributed by atoms with E-state index < -0.39 is 0 Å². The second-order valence-electron chi connectivity index (χ2n) is 6.47.